The molecule has 2 heterocycles. The van der Waals surface area contributed by atoms with Crippen molar-refractivity contribution in [3.05, 3.63) is 66.1 Å². The van der Waals surface area contributed by atoms with E-state index in [0.29, 0.717) is 5.52 Å². The second-order valence-corrected chi connectivity index (χ2v) is 4.43. The zero-order chi connectivity index (χ0) is 15.5. The van der Waals surface area contributed by atoms with E-state index in [2.05, 4.69) is 9.97 Å². The van der Waals surface area contributed by atoms with Crippen molar-refractivity contribution in [1.29, 1.82) is 0 Å². The van der Waals surface area contributed by atoms with Gasteiger partial charge in [-0.25, -0.2) is 14.6 Å². The summed E-state index contributed by atoms with van der Waals surface area (Å²) in [5.74, 6) is -1.82. The summed E-state index contributed by atoms with van der Waals surface area (Å²) in [4.78, 5) is 31.3. The van der Waals surface area contributed by atoms with Crippen molar-refractivity contribution in [3.8, 4) is 5.75 Å². The van der Waals surface area contributed by atoms with Crippen molar-refractivity contribution < 1.29 is 19.4 Å². The monoisotopic (exact) mass is 294 g/mol. The molecule has 0 atom stereocenters. The second-order valence-electron chi connectivity index (χ2n) is 4.43. The first-order valence-corrected chi connectivity index (χ1v) is 6.41. The van der Waals surface area contributed by atoms with Crippen LogP contribution in [0.15, 0.2) is 54.9 Å². The maximum absolute atomic E-state index is 12.2. The Bertz CT molecular complexity index is 871. The largest absolute Gasteiger partial charge is 0.478 e. The van der Waals surface area contributed by atoms with Crippen LogP contribution in [0.5, 0.6) is 5.75 Å². The number of nitrogens with zero attached hydrogens (tertiary/aromatic N) is 2. The molecule has 0 saturated heterocycles. The lowest BCUT2D eigenvalue weighted by atomic mass is 10.2. The third kappa shape index (κ3) is 2.49. The molecule has 1 N–H and O–H groups in total. The molecule has 3 aromatic rings. The highest BCUT2D eigenvalue weighted by atomic mass is 16.5. The molecular formula is C16H10N2O4. The fraction of sp³-hybridized carbons (Fsp3) is 0. The van der Waals surface area contributed by atoms with Crippen LogP contribution in [-0.4, -0.2) is 27.0 Å². The average Bonchev–Trinajstić information content (AvgIpc) is 2.55. The molecule has 3 rings (SSSR count). The minimum atomic E-state index is -1.24. The van der Waals surface area contributed by atoms with E-state index < -0.39 is 11.9 Å². The number of fused-ring (bicyclic) bond motifs is 1. The molecule has 22 heavy (non-hydrogen) atoms. The van der Waals surface area contributed by atoms with Gasteiger partial charge < -0.3 is 9.84 Å². The zero-order valence-electron chi connectivity index (χ0n) is 11.3. The molecule has 0 radical (unpaired) electrons. The Morgan fingerprint density at radius 2 is 1.68 bits per heavy atom. The van der Waals surface area contributed by atoms with Crippen molar-refractivity contribution in [2.24, 2.45) is 0 Å². The van der Waals surface area contributed by atoms with Crippen LogP contribution in [0, 0.1) is 0 Å². The highest BCUT2D eigenvalue weighted by Crippen LogP contribution is 2.24. The summed E-state index contributed by atoms with van der Waals surface area (Å²) < 4.78 is 5.28. The lowest BCUT2D eigenvalue weighted by Gasteiger charge is -2.07. The van der Waals surface area contributed by atoms with Gasteiger partial charge in [0.2, 0.25) is 0 Å². The number of aromatic nitrogens is 2. The molecule has 0 spiro atoms. The van der Waals surface area contributed by atoms with Gasteiger partial charge in [-0.2, -0.15) is 0 Å². The predicted molar refractivity (Wildman–Crippen MR) is 77.9 cm³/mol. The predicted octanol–water partition coefficient (Wildman–Crippen LogP) is 2.55. The quantitative estimate of drug-likeness (QED) is 0.590. The number of ether oxygens (including phenoxy) is 1. The SMILES string of the molecule is O=C(O)c1cccnc1C(=O)Oc1cccc2cccnc12. The highest BCUT2D eigenvalue weighted by Gasteiger charge is 2.20. The van der Waals surface area contributed by atoms with E-state index in [-0.39, 0.29) is 17.0 Å². The van der Waals surface area contributed by atoms with Gasteiger partial charge in [-0.1, -0.05) is 18.2 Å². The van der Waals surface area contributed by atoms with Crippen LogP contribution in [0.25, 0.3) is 10.9 Å². The molecule has 0 bridgehead atoms. The Morgan fingerprint density at radius 1 is 0.955 bits per heavy atom. The summed E-state index contributed by atoms with van der Waals surface area (Å²) >= 11 is 0. The van der Waals surface area contributed by atoms with Crippen LogP contribution in [0.3, 0.4) is 0 Å². The van der Waals surface area contributed by atoms with Crippen molar-refractivity contribution in [2.75, 3.05) is 0 Å². The summed E-state index contributed by atoms with van der Waals surface area (Å²) in [5, 5.41) is 9.90. The number of benzene rings is 1. The fourth-order valence-electron chi connectivity index (χ4n) is 2.05. The summed E-state index contributed by atoms with van der Waals surface area (Å²) in [5.41, 5.74) is 0.0646. The average molecular weight is 294 g/mol. The van der Waals surface area contributed by atoms with Gasteiger partial charge in [0.05, 0.1) is 5.56 Å². The third-order valence-electron chi connectivity index (χ3n) is 3.03. The van der Waals surface area contributed by atoms with Gasteiger partial charge in [-0.15, -0.1) is 0 Å². The summed E-state index contributed by atoms with van der Waals surface area (Å²) in [6, 6.07) is 11.5. The Hall–Kier alpha value is -3.28. The molecule has 0 fully saturated rings. The molecule has 0 unspecified atom stereocenters. The van der Waals surface area contributed by atoms with Gasteiger partial charge in [-0.05, 0) is 24.3 Å². The molecule has 108 valence electrons. The standard InChI is InChI=1S/C16H10N2O4/c19-15(20)11-6-3-9-18-14(11)16(21)22-12-7-1-4-10-5-2-8-17-13(10)12/h1-9H,(H,19,20). The molecule has 2 aromatic heterocycles. The van der Waals surface area contributed by atoms with Gasteiger partial charge in [0.1, 0.15) is 5.52 Å². The number of carboxylic acids is 1. The maximum Gasteiger partial charge on any atom is 0.363 e. The Kier molecular flexibility index (Phi) is 3.49. The van der Waals surface area contributed by atoms with E-state index in [1.165, 1.54) is 18.3 Å². The van der Waals surface area contributed by atoms with E-state index >= 15 is 0 Å². The van der Waals surface area contributed by atoms with Crippen molar-refractivity contribution in [2.45, 2.75) is 0 Å². The number of hydrogen-bond acceptors (Lipinski definition) is 5. The summed E-state index contributed by atoms with van der Waals surface area (Å²) in [7, 11) is 0. The fourth-order valence-corrected chi connectivity index (χ4v) is 2.05. The number of para-hydroxylation sites is 1. The molecule has 6 nitrogen and oxygen atoms in total. The Morgan fingerprint density at radius 3 is 2.50 bits per heavy atom. The molecule has 0 amide bonds. The smallest absolute Gasteiger partial charge is 0.363 e. The van der Waals surface area contributed by atoms with Crippen LogP contribution < -0.4 is 4.74 Å². The van der Waals surface area contributed by atoms with Gasteiger partial charge in [0, 0.05) is 17.8 Å². The van der Waals surface area contributed by atoms with Gasteiger partial charge in [0.25, 0.3) is 0 Å². The van der Waals surface area contributed by atoms with E-state index in [1.807, 2.05) is 12.1 Å². The molecule has 0 aliphatic rings. The lowest BCUT2D eigenvalue weighted by molar-refractivity contribution is 0.0665. The van der Waals surface area contributed by atoms with Crippen LogP contribution in [-0.2, 0) is 0 Å². The van der Waals surface area contributed by atoms with Gasteiger partial charge >= 0.3 is 11.9 Å². The van der Waals surface area contributed by atoms with Crippen molar-refractivity contribution >= 4 is 22.8 Å². The number of esters is 1. The Labute approximate surface area is 125 Å². The number of hydrogen-bond donors (Lipinski definition) is 1. The first-order valence-electron chi connectivity index (χ1n) is 6.41. The number of carboxylic acid groups (broad SMARTS) is 1. The number of aromatic carboxylic acids is 1. The minimum Gasteiger partial charge on any atom is -0.478 e. The number of carbonyl (C=O) groups is 2. The van der Waals surface area contributed by atoms with E-state index in [0.717, 1.165) is 5.39 Å². The molecule has 1 aromatic carbocycles. The number of rotatable bonds is 3. The second kappa shape index (κ2) is 5.61. The summed E-state index contributed by atoms with van der Waals surface area (Å²) in [6.07, 6.45) is 2.92. The van der Waals surface area contributed by atoms with Crippen LogP contribution in [0.1, 0.15) is 20.8 Å². The van der Waals surface area contributed by atoms with Crippen LogP contribution in [0.4, 0.5) is 0 Å². The first-order chi connectivity index (χ1) is 10.7. The molecule has 6 heteroatoms. The normalized spacial score (nSPS) is 10.4. The van der Waals surface area contributed by atoms with Gasteiger partial charge in [0.15, 0.2) is 11.4 Å². The maximum atomic E-state index is 12.2. The summed E-state index contributed by atoms with van der Waals surface area (Å²) in [6.45, 7) is 0. The molecular weight excluding hydrogens is 284 g/mol. The zero-order valence-corrected chi connectivity index (χ0v) is 11.3. The highest BCUT2D eigenvalue weighted by molar-refractivity contribution is 6.02. The van der Waals surface area contributed by atoms with Crippen LogP contribution >= 0.6 is 0 Å². The van der Waals surface area contributed by atoms with E-state index in [9.17, 15) is 9.59 Å². The number of carbonyl (C=O) groups excluding carboxylic acids is 1. The molecule has 0 aliphatic heterocycles. The molecule has 0 aliphatic carbocycles. The topological polar surface area (TPSA) is 89.4 Å². The minimum absolute atomic E-state index is 0.208. The van der Waals surface area contributed by atoms with Crippen molar-refractivity contribution in [1.82, 2.24) is 9.97 Å². The molecule has 0 saturated carbocycles. The van der Waals surface area contributed by atoms with Crippen molar-refractivity contribution in [3.63, 3.8) is 0 Å². The first kappa shape index (κ1) is 13.7. The van der Waals surface area contributed by atoms with Crippen LogP contribution in [0.2, 0.25) is 0 Å². The van der Waals surface area contributed by atoms with Gasteiger partial charge in [-0.3, -0.25) is 4.98 Å². The van der Waals surface area contributed by atoms with E-state index in [1.54, 1.807) is 24.4 Å². The third-order valence-corrected chi connectivity index (χ3v) is 3.03. The number of pyridine rings is 2. The Balaban J connectivity index is 1.99. The van der Waals surface area contributed by atoms with E-state index in [4.69, 9.17) is 9.84 Å². The lowest BCUT2D eigenvalue weighted by Crippen LogP contribution is -2.16.